The Labute approximate surface area is 98.1 Å². The fraction of sp³-hybridized carbons (Fsp3) is 0. The third-order valence-electron chi connectivity index (χ3n) is 1.94. The second kappa shape index (κ2) is 4.86. The van der Waals surface area contributed by atoms with E-state index in [9.17, 15) is 29.8 Å². The lowest BCUT2D eigenvalue weighted by Gasteiger charge is -2.05. The maximum absolute atomic E-state index is 10.8. The highest BCUT2D eigenvalue weighted by molar-refractivity contribution is 6.00. The smallest absolute Gasteiger partial charge is 0.338 e. The molecule has 1 amide bonds. The summed E-state index contributed by atoms with van der Waals surface area (Å²) in [6.45, 7) is 0. The Bertz CT molecular complexity index is 519. The minimum absolute atomic E-state index is 0.0423. The molecule has 0 unspecified atom stereocenters. The molecule has 0 radical (unpaired) electrons. The Balaban J connectivity index is 3.64. The van der Waals surface area contributed by atoms with Gasteiger partial charge in [0.05, 0.1) is 21.5 Å². The van der Waals surface area contributed by atoms with Crippen LogP contribution in [0.25, 0.3) is 0 Å². The molecule has 0 saturated heterocycles. The summed E-state index contributed by atoms with van der Waals surface area (Å²) >= 11 is 0. The summed E-state index contributed by atoms with van der Waals surface area (Å²) in [4.78, 5) is 40.3. The maximum atomic E-state index is 10.8. The van der Waals surface area contributed by atoms with Gasteiger partial charge in [-0.15, -0.1) is 0 Å². The van der Waals surface area contributed by atoms with E-state index in [4.69, 9.17) is 5.11 Å². The molecule has 0 spiro atoms. The van der Waals surface area contributed by atoms with Crippen molar-refractivity contribution >= 4 is 29.4 Å². The number of amides is 1. The van der Waals surface area contributed by atoms with Crippen LogP contribution < -0.4 is 5.32 Å². The number of anilines is 1. The van der Waals surface area contributed by atoms with Crippen molar-refractivity contribution in [2.75, 3.05) is 5.32 Å². The fourth-order valence-electron chi connectivity index (χ4n) is 1.24. The third kappa shape index (κ3) is 2.37. The molecule has 1 rings (SSSR count). The van der Waals surface area contributed by atoms with Crippen LogP contribution in [0.4, 0.5) is 17.1 Å². The van der Waals surface area contributed by atoms with Gasteiger partial charge in [-0.25, -0.2) is 4.79 Å². The SMILES string of the molecule is O=CNc1c(C(=O)O)cc([N+](=O)[O-])cc1[N+](=O)[O-]. The number of nitrogens with zero attached hydrogens (tertiary/aromatic N) is 2. The molecule has 1 aromatic carbocycles. The van der Waals surface area contributed by atoms with Gasteiger partial charge in [-0.05, 0) is 0 Å². The zero-order valence-corrected chi connectivity index (χ0v) is 8.52. The number of rotatable bonds is 5. The largest absolute Gasteiger partial charge is 0.478 e. The molecule has 1 aromatic rings. The van der Waals surface area contributed by atoms with Gasteiger partial charge in [-0.3, -0.25) is 25.0 Å². The zero-order valence-electron chi connectivity index (χ0n) is 8.52. The molecule has 94 valence electrons. The van der Waals surface area contributed by atoms with E-state index in [1.54, 1.807) is 0 Å². The van der Waals surface area contributed by atoms with Gasteiger partial charge in [-0.2, -0.15) is 0 Å². The summed E-state index contributed by atoms with van der Waals surface area (Å²) in [6.07, 6.45) is 0.0423. The first-order valence-electron chi connectivity index (χ1n) is 4.28. The summed E-state index contributed by atoms with van der Waals surface area (Å²) in [6, 6.07) is 1.19. The van der Waals surface area contributed by atoms with Gasteiger partial charge in [0.1, 0.15) is 5.69 Å². The van der Waals surface area contributed by atoms with Crippen LogP contribution in [0.3, 0.4) is 0 Å². The summed E-state index contributed by atoms with van der Waals surface area (Å²) in [5.41, 5.74) is -2.96. The monoisotopic (exact) mass is 255 g/mol. The van der Waals surface area contributed by atoms with Crippen molar-refractivity contribution in [2.24, 2.45) is 0 Å². The van der Waals surface area contributed by atoms with E-state index < -0.39 is 38.4 Å². The molecule has 0 aliphatic carbocycles. The zero-order chi connectivity index (χ0) is 13.9. The molecule has 0 bridgehead atoms. The predicted molar refractivity (Wildman–Crippen MR) is 56.4 cm³/mol. The van der Waals surface area contributed by atoms with E-state index in [0.717, 1.165) is 0 Å². The van der Waals surface area contributed by atoms with Crippen LogP contribution >= 0.6 is 0 Å². The molecule has 0 aromatic heterocycles. The van der Waals surface area contributed by atoms with Crippen LogP contribution in [-0.4, -0.2) is 27.3 Å². The van der Waals surface area contributed by atoms with Gasteiger partial charge in [0.15, 0.2) is 0 Å². The molecular formula is C8H5N3O7. The Hall–Kier alpha value is -3.04. The van der Waals surface area contributed by atoms with Crippen LogP contribution in [0.2, 0.25) is 0 Å². The van der Waals surface area contributed by atoms with E-state index in [0.29, 0.717) is 12.1 Å². The molecular weight excluding hydrogens is 250 g/mol. The minimum atomic E-state index is -1.63. The molecule has 0 aliphatic rings. The number of nitrogens with one attached hydrogen (secondary N) is 1. The van der Waals surface area contributed by atoms with E-state index in [1.807, 2.05) is 5.32 Å². The molecule has 10 heteroatoms. The highest BCUT2D eigenvalue weighted by Gasteiger charge is 2.27. The second-order valence-electron chi connectivity index (χ2n) is 2.97. The highest BCUT2D eigenvalue weighted by atomic mass is 16.6. The fourth-order valence-corrected chi connectivity index (χ4v) is 1.24. The molecule has 0 saturated carbocycles. The summed E-state index contributed by atoms with van der Waals surface area (Å²) in [7, 11) is 0. The number of carboxylic acids is 1. The average Bonchev–Trinajstić information content (AvgIpc) is 2.28. The van der Waals surface area contributed by atoms with Crippen LogP contribution in [0.5, 0.6) is 0 Å². The molecule has 0 fully saturated rings. The lowest BCUT2D eigenvalue weighted by Crippen LogP contribution is -2.08. The molecule has 0 atom stereocenters. The number of carboxylic acid groups (broad SMARTS) is 1. The molecule has 18 heavy (non-hydrogen) atoms. The Morgan fingerprint density at radius 2 is 1.89 bits per heavy atom. The van der Waals surface area contributed by atoms with Crippen LogP contribution in [0, 0.1) is 20.2 Å². The minimum Gasteiger partial charge on any atom is -0.478 e. The van der Waals surface area contributed by atoms with Crippen molar-refractivity contribution in [3.8, 4) is 0 Å². The average molecular weight is 255 g/mol. The van der Waals surface area contributed by atoms with Crippen LogP contribution in [0.15, 0.2) is 12.1 Å². The van der Waals surface area contributed by atoms with Crippen molar-refractivity contribution in [2.45, 2.75) is 0 Å². The van der Waals surface area contributed by atoms with Gasteiger partial charge < -0.3 is 10.4 Å². The van der Waals surface area contributed by atoms with E-state index in [1.165, 1.54) is 0 Å². The number of carbonyl (C=O) groups excluding carboxylic acids is 1. The Morgan fingerprint density at radius 1 is 1.28 bits per heavy atom. The first-order chi connectivity index (χ1) is 8.38. The van der Waals surface area contributed by atoms with Gasteiger partial charge in [0.2, 0.25) is 6.41 Å². The van der Waals surface area contributed by atoms with Crippen LogP contribution in [-0.2, 0) is 4.79 Å². The Morgan fingerprint density at radius 3 is 2.28 bits per heavy atom. The molecule has 2 N–H and O–H groups in total. The van der Waals surface area contributed by atoms with E-state index in [-0.39, 0.29) is 6.41 Å². The standard InChI is InChI=1S/C8H5N3O7/c12-3-9-7-5(8(13)14)1-4(10(15)16)2-6(7)11(17)18/h1-3H,(H,9,12)(H,13,14). The van der Waals surface area contributed by atoms with Crippen molar-refractivity contribution in [1.82, 2.24) is 0 Å². The molecule has 10 nitrogen and oxygen atoms in total. The van der Waals surface area contributed by atoms with E-state index >= 15 is 0 Å². The van der Waals surface area contributed by atoms with Gasteiger partial charge in [-0.1, -0.05) is 0 Å². The van der Waals surface area contributed by atoms with Gasteiger partial charge >= 0.3 is 11.7 Å². The summed E-state index contributed by atoms with van der Waals surface area (Å²) in [5, 5.41) is 31.9. The number of non-ortho nitro benzene ring substituents is 1. The quantitative estimate of drug-likeness (QED) is 0.447. The summed E-state index contributed by atoms with van der Waals surface area (Å²) < 4.78 is 0. The molecule has 0 aliphatic heterocycles. The number of benzene rings is 1. The maximum Gasteiger partial charge on any atom is 0.338 e. The van der Waals surface area contributed by atoms with Crippen molar-refractivity contribution in [1.29, 1.82) is 0 Å². The first-order valence-corrected chi connectivity index (χ1v) is 4.28. The van der Waals surface area contributed by atoms with Crippen molar-refractivity contribution < 1.29 is 24.5 Å². The highest BCUT2D eigenvalue weighted by Crippen LogP contribution is 2.32. The lowest BCUT2D eigenvalue weighted by molar-refractivity contribution is -0.393. The summed E-state index contributed by atoms with van der Waals surface area (Å²) in [5.74, 6) is -1.63. The number of aromatic carboxylic acids is 1. The number of hydrogen-bond donors (Lipinski definition) is 2. The van der Waals surface area contributed by atoms with Crippen molar-refractivity contribution in [3.63, 3.8) is 0 Å². The Kier molecular flexibility index (Phi) is 3.52. The second-order valence-corrected chi connectivity index (χ2v) is 2.97. The number of nitro benzene ring substituents is 2. The predicted octanol–water partition coefficient (Wildman–Crippen LogP) is 0.769. The topological polar surface area (TPSA) is 153 Å². The number of nitro groups is 2. The normalized spacial score (nSPS) is 9.56. The molecule has 0 heterocycles. The number of hydrogen-bond acceptors (Lipinski definition) is 6. The van der Waals surface area contributed by atoms with E-state index in [2.05, 4.69) is 0 Å². The van der Waals surface area contributed by atoms with Gasteiger partial charge in [0, 0.05) is 6.07 Å². The van der Waals surface area contributed by atoms with Crippen LogP contribution in [0.1, 0.15) is 10.4 Å². The number of carbonyl (C=O) groups is 2. The first kappa shape index (κ1) is 13.0. The third-order valence-corrected chi connectivity index (χ3v) is 1.94. The van der Waals surface area contributed by atoms with Crippen molar-refractivity contribution in [3.05, 3.63) is 37.9 Å². The van der Waals surface area contributed by atoms with Gasteiger partial charge in [0.25, 0.3) is 5.69 Å². The lowest BCUT2D eigenvalue weighted by atomic mass is 10.1.